The number of hydrogen-bond acceptors (Lipinski definition) is 6. The quantitative estimate of drug-likeness (QED) is 0.577. The van der Waals surface area contributed by atoms with Crippen molar-refractivity contribution in [3.05, 3.63) is 41.1 Å². The predicted molar refractivity (Wildman–Crippen MR) is 106 cm³/mol. The molecule has 0 aliphatic rings. The molecule has 7 heteroatoms. The second-order valence-electron chi connectivity index (χ2n) is 7.03. The van der Waals surface area contributed by atoms with E-state index >= 15 is 0 Å². The van der Waals surface area contributed by atoms with Crippen molar-refractivity contribution in [2.45, 2.75) is 40.2 Å². The van der Waals surface area contributed by atoms with E-state index in [0.717, 1.165) is 23.2 Å². The summed E-state index contributed by atoms with van der Waals surface area (Å²) in [4.78, 5) is 20.4. The lowest BCUT2D eigenvalue weighted by Crippen LogP contribution is -2.31. The normalized spacial score (nSPS) is 12.1. The number of hydrogen-bond donors (Lipinski definition) is 4. The van der Waals surface area contributed by atoms with Crippen molar-refractivity contribution >= 4 is 23.4 Å². The molecule has 1 aromatic heterocycles. The van der Waals surface area contributed by atoms with Gasteiger partial charge in [-0.05, 0) is 49.4 Å². The van der Waals surface area contributed by atoms with Gasteiger partial charge in [-0.2, -0.15) is 4.98 Å². The molecule has 2 aromatic rings. The number of nitrogens with two attached hydrogens (primary N) is 2. The largest absolute Gasteiger partial charge is 0.365 e. The van der Waals surface area contributed by atoms with Gasteiger partial charge in [-0.15, -0.1) is 0 Å². The molecule has 7 nitrogen and oxygen atoms in total. The molecular weight excluding hydrogens is 328 g/mol. The standard InChI is InChI=1S/C19H28N6O/c1-11(2)5-15(9-20)24-19-22-10-16(17(21)26)18(25-19)23-14-7-12(3)6-13(4)8-14/h6-8,10-11,15H,5,9,20H2,1-4H3,(H2,21,26)(H2,22,23,24,25). The Morgan fingerprint density at radius 3 is 2.38 bits per heavy atom. The number of amides is 1. The van der Waals surface area contributed by atoms with Crippen LogP contribution in [0.3, 0.4) is 0 Å². The molecule has 0 spiro atoms. The van der Waals surface area contributed by atoms with Crippen LogP contribution in [0.4, 0.5) is 17.5 Å². The smallest absolute Gasteiger partial charge is 0.254 e. The third-order valence-electron chi connectivity index (χ3n) is 3.91. The molecule has 0 bridgehead atoms. The second-order valence-corrected chi connectivity index (χ2v) is 7.03. The van der Waals surface area contributed by atoms with Gasteiger partial charge in [-0.1, -0.05) is 19.9 Å². The van der Waals surface area contributed by atoms with Gasteiger partial charge >= 0.3 is 0 Å². The Bertz CT molecular complexity index is 754. The van der Waals surface area contributed by atoms with Gasteiger partial charge in [0.05, 0.1) is 0 Å². The summed E-state index contributed by atoms with van der Waals surface area (Å²) in [6.07, 6.45) is 2.34. The number of anilines is 3. The average molecular weight is 356 g/mol. The topological polar surface area (TPSA) is 119 Å². The average Bonchev–Trinajstić information content (AvgIpc) is 2.52. The Morgan fingerprint density at radius 2 is 1.85 bits per heavy atom. The van der Waals surface area contributed by atoms with Crippen LogP contribution in [-0.4, -0.2) is 28.5 Å². The Labute approximate surface area is 154 Å². The summed E-state index contributed by atoms with van der Waals surface area (Å²) >= 11 is 0. The molecule has 6 N–H and O–H groups in total. The highest BCUT2D eigenvalue weighted by Crippen LogP contribution is 2.22. The molecular formula is C19H28N6O. The molecule has 140 valence electrons. The first-order valence-electron chi connectivity index (χ1n) is 8.77. The fraction of sp³-hybridized carbons (Fsp3) is 0.421. The van der Waals surface area contributed by atoms with Gasteiger partial charge in [0.25, 0.3) is 5.91 Å². The van der Waals surface area contributed by atoms with Crippen molar-refractivity contribution in [1.29, 1.82) is 0 Å². The van der Waals surface area contributed by atoms with Crippen LogP contribution in [0.15, 0.2) is 24.4 Å². The van der Waals surface area contributed by atoms with Gasteiger partial charge in [-0.25, -0.2) is 4.98 Å². The first-order valence-corrected chi connectivity index (χ1v) is 8.77. The molecule has 0 radical (unpaired) electrons. The predicted octanol–water partition coefficient (Wildman–Crippen LogP) is 2.72. The van der Waals surface area contributed by atoms with Crippen molar-refractivity contribution < 1.29 is 4.79 Å². The van der Waals surface area contributed by atoms with E-state index in [1.165, 1.54) is 6.20 Å². The summed E-state index contributed by atoms with van der Waals surface area (Å²) in [5.41, 5.74) is 14.6. The SMILES string of the molecule is Cc1cc(C)cc(Nc2nc(NC(CN)CC(C)C)ncc2C(N)=O)c1. The van der Waals surface area contributed by atoms with Crippen LogP contribution >= 0.6 is 0 Å². The van der Waals surface area contributed by atoms with Crippen LogP contribution in [0.5, 0.6) is 0 Å². The number of aromatic nitrogens is 2. The maximum atomic E-state index is 11.7. The molecule has 0 aliphatic heterocycles. The molecule has 1 aromatic carbocycles. The lowest BCUT2D eigenvalue weighted by molar-refractivity contribution is 0.100. The van der Waals surface area contributed by atoms with Gasteiger partial charge in [0.2, 0.25) is 5.95 Å². The minimum atomic E-state index is -0.582. The van der Waals surface area contributed by atoms with Crippen molar-refractivity contribution in [3.8, 4) is 0 Å². The van der Waals surface area contributed by atoms with Gasteiger partial charge < -0.3 is 22.1 Å². The first kappa shape index (κ1) is 19.7. The zero-order chi connectivity index (χ0) is 19.3. The van der Waals surface area contributed by atoms with Gasteiger partial charge in [-0.3, -0.25) is 4.79 Å². The van der Waals surface area contributed by atoms with E-state index in [0.29, 0.717) is 24.2 Å². The number of benzene rings is 1. The molecule has 0 aliphatic carbocycles. The van der Waals surface area contributed by atoms with Gasteiger partial charge in [0.1, 0.15) is 11.4 Å². The zero-order valence-corrected chi connectivity index (χ0v) is 15.8. The Hall–Kier alpha value is -2.67. The molecule has 0 fully saturated rings. The lowest BCUT2D eigenvalue weighted by atomic mass is 10.0. The van der Waals surface area contributed by atoms with Crippen molar-refractivity contribution in [3.63, 3.8) is 0 Å². The molecule has 1 heterocycles. The number of carbonyl (C=O) groups excluding carboxylic acids is 1. The number of nitrogens with zero attached hydrogens (tertiary/aromatic N) is 2. The number of carbonyl (C=O) groups is 1. The molecule has 26 heavy (non-hydrogen) atoms. The van der Waals surface area contributed by atoms with Crippen molar-refractivity contribution in [2.24, 2.45) is 17.4 Å². The van der Waals surface area contributed by atoms with Gasteiger partial charge in [0.15, 0.2) is 0 Å². The Kier molecular flexibility index (Phi) is 6.52. The first-order chi connectivity index (χ1) is 12.3. The number of primary amides is 1. The molecule has 0 saturated carbocycles. The van der Waals surface area contributed by atoms with Gasteiger partial charge in [0, 0.05) is 24.5 Å². The monoisotopic (exact) mass is 356 g/mol. The van der Waals surface area contributed by atoms with E-state index in [9.17, 15) is 4.79 Å². The van der Waals surface area contributed by atoms with E-state index in [-0.39, 0.29) is 11.6 Å². The van der Waals surface area contributed by atoms with Crippen LogP contribution < -0.4 is 22.1 Å². The lowest BCUT2D eigenvalue weighted by Gasteiger charge is -2.19. The third-order valence-corrected chi connectivity index (χ3v) is 3.91. The summed E-state index contributed by atoms with van der Waals surface area (Å²) in [6.45, 7) is 8.76. The number of rotatable bonds is 8. The van der Waals surface area contributed by atoms with E-state index in [2.05, 4.69) is 40.5 Å². The van der Waals surface area contributed by atoms with E-state index in [1.54, 1.807) is 0 Å². The van der Waals surface area contributed by atoms with Crippen molar-refractivity contribution in [1.82, 2.24) is 9.97 Å². The fourth-order valence-corrected chi connectivity index (χ4v) is 2.88. The Balaban J connectivity index is 2.31. The number of nitrogens with one attached hydrogen (secondary N) is 2. The van der Waals surface area contributed by atoms with Crippen LogP contribution in [0.1, 0.15) is 41.8 Å². The Morgan fingerprint density at radius 1 is 1.19 bits per heavy atom. The summed E-state index contributed by atoms with van der Waals surface area (Å²) < 4.78 is 0. The zero-order valence-electron chi connectivity index (χ0n) is 15.8. The molecule has 2 rings (SSSR count). The minimum Gasteiger partial charge on any atom is -0.365 e. The second kappa shape index (κ2) is 8.62. The van der Waals surface area contributed by atoms with E-state index in [4.69, 9.17) is 11.5 Å². The highest BCUT2D eigenvalue weighted by atomic mass is 16.1. The maximum absolute atomic E-state index is 11.7. The van der Waals surface area contributed by atoms with E-state index in [1.807, 2.05) is 26.0 Å². The molecule has 1 atom stereocenters. The highest BCUT2D eigenvalue weighted by Gasteiger charge is 2.15. The summed E-state index contributed by atoms with van der Waals surface area (Å²) in [5.74, 6) is 0.702. The third kappa shape index (κ3) is 5.42. The molecule has 1 unspecified atom stereocenters. The minimum absolute atomic E-state index is 0.0588. The number of aryl methyl sites for hydroxylation is 2. The van der Waals surface area contributed by atoms with E-state index < -0.39 is 5.91 Å². The summed E-state index contributed by atoms with van der Waals surface area (Å²) in [7, 11) is 0. The van der Waals surface area contributed by atoms with Crippen LogP contribution in [-0.2, 0) is 0 Å². The van der Waals surface area contributed by atoms with Crippen LogP contribution in [0.2, 0.25) is 0 Å². The summed E-state index contributed by atoms with van der Waals surface area (Å²) in [6, 6.07) is 6.09. The summed E-state index contributed by atoms with van der Waals surface area (Å²) in [5, 5.41) is 6.42. The van der Waals surface area contributed by atoms with Crippen molar-refractivity contribution in [2.75, 3.05) is 17.2 Å². The van der Waals surface area contributed by atoms with Crippen LogP contribution in [0.25, 0.3) is 0 Å². The highest BCUT2D eigenvalue weighted by molar-refractivity contribution is 5.98. The van der Waals surface area contributed by atoms with Crippen LogP contribution in [0, 0.1) is 19.8 Å². The molecule has 1 amide bonds. The molecule has 0 saturated heterocycles. The maximum Gasteiger partial charge on any atom is 0.254 e. The fourth-order valence-electron chi connectivity index (χ4n) is 2.88.